The number of amides is 3. The molecule has 0 bridgehead atoms. The lowest BCUT2D eigenvalue weighted by Gasteiger charge is -2.61. The van der Waals surface area contributed by atoms with Gasteiger partial charge in [0.15, 0.2) is 0 Å². The van der Waals surface area contributed by atoms with Crippen LogP contribution in [0.2, 0.25) is 0 Å². The van der Waals surface area contributed by atoms with Crippen LogP contribution in [0.1, 0.15) is 82.1 Å². The number of imide groups is 1. The molecule has 11 rings (SSSR count). The zero-order chi connectivity index (χ0) is 38.4. The Morgan fingerprint density at radius 3 is 2.47 bits per heavy atom. The molecule has 292 valence electrons. The first-order valence-corrected chi connectivity index (χ1v) is 20.9. The number of hydrogen-bond acceptors (Lipinski definition) is 8. The Hall–Kier alpha value is -5.35. The van der Waals surface area contributed by atoms with Gasteiger partial charge in [0.25, 0.3) is 5.91 Å². The number of piperazine rings is 1. The van der Waals surface area contributed by atoms with E-state index in [1.807, 2.05) is 24.3 Å². The van der Waals surface area contributed by atoms with E-state index in [0.29, 0.717) is 42.2 Å². The van der Waals surface area contributed by atoms with Gasteiger partial charge in [-0.1, -0.05) is 48.5 Å². The molecule has 1 spiro atoms. The van der Waals surface area contributed by atoms with Crippen LogP contribution in [0.25, 0.3) is 0 Å². The maximum absolute atomic E-state index is 13.4. The lowest BCUT2D eigenvalue weighted by Crippen LogP contribution is -2.64. The molecule has 3 saturated heterocycles. The number of nitrogens with one attached hydrogen (secondary N) is 1. The zero-order valence-corrected chi connectivity index (χ0v) is 32.2. The van der Waals surface area contributed by atoms with Gasteiger partial charge in [-0.2, -0.15) is 0 Å². The number of carbonyl (C=O) groups excluding carboxylic acids is 3. The molecule has 4 fully saturated rings. The molecule has 7 aliphatic rings. The van der Waals surface area contributed by atoms with Crippen LogP contribution in [0.5, 0.6) is 11.5 Å². The third-order valence-electron chi connectivity index (χ3n) is 14.4. The molecule has 0 aromatic heterocycles. The topological polar surface area (TPSA) is 106 Å². The average Bonchev–Trinajstić information content (AvgIpc) is 3.53. The SMILES string of the molecule is O=C1CC[C@H](N2Cc3c(ccc4c3OC[C@H]3CN(CC5CC6(C5)CN(c5ccc([C@@H]7c8ccc(O)cc8CC[C@@H]7c7ccccc7)cc5)C6)CCN43)C2=O)C(=O)N1. The van der Waals surface area contributed by atoms with E-state index < -0.39 is 11.9 Å². The Bertz CT molecular complexity index is 2260. The molecule has 3 amide bonds. The summed E-state index contributed by atoms with van der Waals surface area (Å²) < 4.78 is 6.44. The van der Waals surface area contributed by atoms with Gasteiger partial charge in [0.2, 0.25) is 11.8 Å². The van der Waals surface area contributed by atoms with Crippen molar-refractivity contribution in [3.05, 3.63) is 118 Å². The van der Waals surface area contributed by atoms with Gasteiger partial charge in [-0.25, -0.2) is 0 Å². The minimum Gasteiger partial charge on any atom is -0.508 e. The van der Waals surface area contributed by atoms with Crippen LogP contribution in [0.15, 0.2) is 84.9 Å². The fourth-order valence-electron chi connectivity index (χ4n) is 11.7. The number of phenolic OH excluding ortho intramolecular Hbond substituents is 1. The summed E-state index contributed by atoms with van der Waals surface area (Å²) >= 11 is 0. The predicted octanol–water partition coefficient (Wildman–Crippen LogP) is 5.81. The number of aromatic hydroxyl groups is 1. The monoisotopic (exact) mass is 763 g/mol. The van der Waals surface area contributed by atoms with Gasteiger partial charge in [-0.15, -0.1) is 0 Å². The molecule has 4 aromatic rings. The van der Waals surface area contributed by atoms with Crippen molar-refractivity contribution in [2.75, 3.05) is 55.7 Å². The van der Waals surface area contributed by atoms with Gasteiger partial charge in [0, 0.05) is 73.8 Å². The molecule has 5 aliphatic heterocycles. The Labute approximate surface area is 333 Å². The van der Waals surface area contributed by atoms with Crippen LogP contribution < -0.4 is 19.9 Å². The maximum atomic E-state index is 13.4. The normalized spacial score (nSPS) is 26.5. The number of phenols is 1. The van der Waals surface area contributed by atoms with Crippen LogP contribution in [0, 0.1) is 11.3 Å². The fraction of sp³-hybridized carbons (Fsp3) is 0.426. The molecular formula is C47H49N5O5. The van der Waals surface area contributed by atoms with Gasteiger partial charge >= 0.3 is 0 Å². The number of nitrogens with zero attached hydrogens (tertiary/aromatic N) is 4. The van der Waals surface area contributed by atoms with Crippen molar-refractivity contribution < 1.29 is 24.2 Å². The highest BCUT2D eigenvalue weighted by Gasteiger charge is 2.53. The summed E-state index contributed by atoms with van der Waals surface area (Å²) in [6, 6.07) is 29.8. The Balaban J connectivity index is 0.696. The molecule has 10 heteroatoms. The molecule has 5 heterocycles. The molecule has 57 heavy (non-hydrogen) atoms. The molecule has 2 N–H and O–H groups in total. The highest BCUT2D eigenvalue weighted by Crippen LogP contribution is 2.54. The van der Waals surface area contributed by atoms with Gasteiger partial charge in [-0.05, 0) is 103 Å². The van der Waals surface area contributed by atoms with Crippen molar-refractivity contribution >= 4 is 29.1 Å². The number of piperidine rings is 1. The summed E-state index contributed by atoms with van der Waals surface area (Å²) in [6.45, 7) is 7.22. The number of carbonyl (C=O) groups is 3. The summed E-state index contributed by atoms with van der Waals surface area (Å²) in [5.74, 6) is 1.70. The molecule has 4 aromatic carbocycles. The first-order chi connectivity index (χ1) is 27.8. The Kier molecular flexibility index (Phi) is 8.18. The van der Waals surface area contributed by atoms with Crippen molar-refractivity contribution in [2.24, 2.45) is 11.3 Å². The number of benzene rings is 4. The lowest BCUT2D eigenvalue weighted by atomic mass is 9.57. The first kappa shape index (κ1) is 34.9. The van der Waals surface area contributed by atoms with Crippen molar-refractivity contribution in [3.63, 3.8) is 0 Å². The molecular weight excluding hydrogens is 715 g/mol. The maximum Gasteiger partial charge on any atom is 0.255 e. The number of hydrogen-bond donors (Lipinski definition) is 2. The van der Waals surface area contributed by atoms with E-state index in [-0.39, 0.29) is 30.2 Å². The minimum atomic E-state index is -0.629. The summed E-state index contributed by atoms with van der Waals surface area (Å²) in [7, 11) is 0. The molecule has 0 unspecified atom stereocenters. The molecule has 10 nitrogen and oxygen atoms in total. The van der Waals surface area contributed by atoms with E-state index in [0.717, 1.165) is 75.0 Å². The van der Waals surface area contributed by atoms with Crippen molar-refractivity contribution in [3.8, 4) is 11.5 Å². The molecule has 2 aliphatic carbocycles. The van der Waals surface area contributed by atoms with Crippen LogP contribution in [-0.2, 0) is 22.6 Å². The van der Waals surface area contributed by atoms with Gasteiger partial charge in [0.1, 0.15) is 24.1 Å². The van der Waals surface area contributed by atoms with E-state index in [9.17, 15) is 19.5 Å². The van der Waals surface area contributed by atoms with Crippen LogP contribution >= 0.6 is 0 Å². The van der Waals surface area contributed by atoms with Crippen molar-refractivity contribution in [1.82, 2.24) is 15.1 Å². The van der Waals surface area contributed by atoms with Gasteiger partial charge in [-0.3, -0.25) is 24.6 Å². The summed E-state index contributed by atoms with van der Waals surface area (Å²) in [4.78, 5) is 46.9. The predicted molar refractivity (Wildman–Crippen MR) is 217 cm³/mol. The number of fused-ring (bicyclic) bond motifs is 6. The van der Waals surface area contributed by atoms with E-state index in [1.54, 1.807) is 4.90 Å². The summed E-state index contributed by atoms with van der Waals surface area (Å²) in [5.41, 5.74) is 9.62. The van der Waals surface area contributed by atoms with Gasteiger partial charge < -0.3 is 24.5 Å². The Morgan fingerprint density at radius 2 is 1.67 bits per heavy atom. The number of ether oxygens (including phenoxy) is 1. The van der Waals surface area contributed by atoms with Gasteiger partial charge in [0.05, 0.1) is 18.3 Å². The third-order valence-corrected chi connectivity index (χ3v) is 14.4. The smallest absolute Gasteiger partial charge is 0.255 e. The second-order valence-electron chi connectivity index (χ2n) is 17.9. The second-order valence-corrected chi connectivity index (χ2v) is 17.9. The average molecular weight is 764 g/mol. The van der Waals surface area contributed by atoms with E-state index in [4.69, 9.17) is 4.74 Å². The molecule has 4 atom stereocenters. The van der Waals surface area contributed by atoms with Crippen LogP contribution in [0.3, 0.4) is 0 Å². The van der Waals surface area contributed by atoms with E-state index in [2.05, 4.69) is 80.7 Å². The minimum absolute atomic E-state index is 0.162. The summed E-state index contributed by atoms with van der Waals surface area (Å²) in [5, 5.41) is 12.6. The van der Waals surface area contributed by atoms with Crippen molar-refractivity contribution in [2.45, 2.75) is 69.0 Å². The fourth-order valence-corrected chi connectivity index (χ4v) is 11.7. The van der Waals surface area contributed by atoms with Crippen LogP contribution in [-0.4, -0.2) is 90.6 Å². The molecule has 1 saturated carbocycles. The van der Waals surface area contributed by atoms with Crippen molar-refractivity contribution in [1.29, 1.82) is 0 Å². The van der Waals surface area contributed by atoms with E-state index >= 15 is 0 Å². The summed E-state index contributed by atoms with van der Waals surface area (Å²) in [6.07, 6.45) is 5.23. The second kappa shape index (κ2) is 13.4. The van der Waals surface area contributed by atoms with Crippen LogP contribution in [0.4, 0.5) is 11.4 Å². The van der Waals surface area contributed by atoms with E-state index in [1.165, 1.54) is 40.8 Å². The molecule has 0 radical (unpaired) electrons. The number of anilines is 2. The third kappa shape index (κ3) is 5.89. The standard InChI is InChI=1S/C47H49N5O5/c53-35-11-13-37-32(20-35)8-12-36(30-4-2-1-3-5-30)43(37)31-6-9-33(10-7-31)50-27-47(28-50)21-29(22-47)23-49-18-19-51-34(24-49)26-57-44-39-25-52(41-16-17-42(54)48-45(41)55)46(56)38(39)14-15-40(44)51/h1-7,9-11,13-15,20,29,34,36,41,43,53H,8,12,16-19,21-28H2,(H,48,54,55)/t34-,36-,41+,43+/m1/s1. The largest absolute Gasteiger partial charge is 0.508 e. The zero-order valence-electron chi connectivity index (χ0n) is 32.2. The quantitative estimate of drug-likeness (QED) is 0.237. The first-order valence-electron chi connectivity index (χ1n) is 20.9. The Morgan fingerprint density at radius 1 is 0.842 bits per heavy atom. The lowest BCUT2D eigenvalue weighted by molar-refractivity contribution is -0.136. The highest BCUT2D eigenvalue weighted by atomic mass is 16.5. The number of aryl methyl sites for hydroxylation is 1. The number of rotatable bonds is 6. The highest BCUT2D eigenvalue weighted by molar-refractivity contribution is 6.06.